The molecule has 0 spiro atoms. The first-order valence-electron chi connectivity index (χ1n) is 3.87. The molecular weight excluding hydrogens is 162 g/mol. The van der Waals surface area contributed by atoms with Crippen LogP contribution in [0.1, 0.15) is 12.8 Å². The zero-order valence-corrected chi connectivity index (χ0v) is 7.89. The van der Waals surface area contributed by atoms with Gasteiger partial charge < -0.3 is 14.2 Å². The van der Waals surface area contributed by atoms with Gasteiger partial charge in [0.05, 0.1) is 6.61 Å². The molecule has 3 nitrogen and oxygen atoms in total. The normalized spacial score (nSPS) is 17.7. The summed E-state index contributed by atoms with van der Waals surface area (Å²) in [4.78, 5) is 2.40. The fraction of sp³-hybridized carbons (Fsp3) is 1.00. The summed E-state index contributed by atoms with van der Waals surface area (Å²) in [6.45, 7) is 4.29. The van der Waals surface area contributed by atoms with Crippen molar-refractivity contribution in [3.05, 3.63) is 0 Å². The molecule has 4 heteroatoms. The molecule has 0 aromatic heterocycles. The van der Waals surface area contributed by atoms with Crippen molar-refractivity contribution in [3.8, 4) is 0 Å². The van der Waals surface area contributed by atoms with Gasteiger partial charge in [-0.25, -0.2) is 0 Å². The fourth-order valence-electron chi connectivity index (χ4n) is 1.18. The standard InChI is InChI=1S/C6H13NOS.CH4O/c9-8-6-5-7-3-1-2-4-7;1-2/h9H,1-6H2;2H,1H3. The number of thiol groups is 1. The van der Waals surface area contributed by atoms with Gasteiger partial charge in [0, 0.05) is 13.7 Å². The Kier molecular flexibility index (Phi) is 8.50. The summed E-state index contributed by atoms with van der Waals surface area (Å²) < 4.78 is 4.66. The van der Waals surface area contributed by atoms with Crippen molar-refractivity contribution >= 4 is 12.9 Å². The first-order chi connectivity index (χ1) is 5.43. The Morgan fingerprint density at radius 3 is 2.36 bits per heavy atom. The van der Waals surface area contributed by atoms with E-state index >= 15 is 0 Å². The number of aliphatic hydroxyl groups excluding tert-OH is 1. The highest BCUT2D eigenvalue weighted by Gasteiger charge is 2.09. The van der Waals surface area contributed by atoms with Gasteiger partial charge in [-0.05, 0) is 38.8 Å². The topological polar surface area (TPSA) is 32.7 Å². The second kappa shape index (κ2) is 8.33. The van der Waals surface area contributed by atoms with Crippen molar-refractivity contribution in [2.45, 2.75) is 12.8 Å². The number of aliphatic hydroxyl groups is 1. The number of nitrogens with zero attached hydrogens (tertiary/aromatic N) is 1. The van der Waals surface area contributed by atoms with Gasteiger partial charge in [-0.15, -0.1) is 0 Å². The summed E-state index contributed by atoms with van der Waals surface area (Å²) >= 11 is 3.67. The summed E-state index contributed by atoms with van der Waals surface area (Å²) in [5.41, 5.74) is 0. The second-order valence-electron chi connectivity index (χ2n) is 2.38. The molecule has 1 aliphatic rings. The minimum absolute atomic E-state index is 0.753. The first kappa shape index (κ1) is 11.2. The van der Waals surface area contributed by atoms with Crippen molar-refractivity contribution in [3.63, 3.8) is 0 Å². The van der Waals surface area contributed by atoms with Gasteiger partial charge in [-0.2, -0.15) is 0 Å². The lowest BCUT2D eigenvalue weighted by atomic mass is 10.4. The van der Waals surface area contributed by atoms with Crippen LogP contribution in [0.25, 0.3) is 0 Å². The van der Waals surface area contributed by atoms with Crippen LogP contribution in [0.15, 0.2) is 0 Å². The highest BCUT2D eigenvalue weighted by molar-refractivity contribution is 7.75. The van der Waals surface area contributed by atoms with Crippen LogP contribution in [0.5, 0.6) is 0 Å². The number of hydrogen-bond acceptors (Lipinski definition) is 4. The summed E-state index contributed by atoms with van der Waals surface area (Å²) in [6, 6.07) is 0. The van der Waals surface area contributed by atoms with Crippen molar-refractivity contribution in [2.24, 2.45) is 0 Å². The minimum Gasteiger partial charge on any atom is -0.400 e. The van der Waals surface area contributed by atoms with E-state index in [1.807, 2.05) is 0 Å². The van der Waals surface area contributed by atoms with Crippen LogP contribution in [-0.4, -0.2) is 43.4 Å². The number of likely N-dealkylation sites (tertiary alicyclic amines) is 1. The van der Waals surface area contributed by atoms with Crippen LogP contribution >= 0.6 is 12.9 Å². The second-order valence-corrected chi connectivity index (χ2v) is 2.64. The van der Waals surface area contributed by atoms with Gasteiger partial charge in [-0.1, -0.05) is 0 Å². The van der Waals surface area contributed by atoms with Crippen molar-refractivity contribution in [2.75, 3.05) is 33.4 Å². The number of rotatable bonds is 3. The van der Waals surface area contributed by atoms with E-state index in [1.54, 1.807) is 0 Å². The Morgan fingerprint density at radius 2 is 1.91 bits per heavy atom. The third-order valence-corrected chi connectivity index (χ3v) is 1.88. The van der Waals surface area contributed by atoms with E-state index in [0.29, 0.717) is 0 Å². The molecule has 68 valence electrons. The predicted molar refractivity (Wildman–Crippen MR) is 48.8 cm³/mol. The first-order valence-corrected chi connectivity index (χ1v) is 4.23. The Balaban J connectivity index is 0.000000461. The molecule has 0 bridgehead atoms. The largest absolute Gasteiger partial charge is 0.400 e. The third kappa shape index (κ3) is 5.49. The van der Waals surface area contributed by atoms with E-state index in [4.69, 9.17) is 5.11 Å². The SMILES string of the molecule is CO.SOCCN1CCCC1. The summed E-state index contributed by atoms with van der Waals surface area (Å²) in [7, 11) is 1.00. The van der Waals surface area contributed by atoms with Gasteiger partial charge in [0.15, 0.2) is 0 Å². The molecule has 0 aliphatic carbocycles. The smallest absolute Gasteiger partial charge is 0.0737 e. The Labute approximate surface area is 74.0 Å². The molecule has 11 heavy (non-hydrogen) atoms. The summed E-state index contributed by atoms with van der Waals surface area (Å²) in [5.74, 6) is 0. The molecule has 0 aromatic carbocycles. The maximum atomic E-state index is 7.00. The highest BCUT2D eigenvalue weighted by atomic mass is 32.1. The predicted octanol–water partition coefficient (Wildman–Crippen LogP) is 0.552. The van der Waals surface area contributed by atoms with E-state index in [9.17, 15) is 0 Å². The Bertz CT molecular complexity index is 76.8. The van der Waals surface area contributed by atoms with Gasteiger partial charge in [0.2, 0.25) is 0 Å². The van der Waals surface area contributed by atoms with Crippen LogP contribution in [0.4, 0.5) is 0 Å². The van der Waals surface area contributed by atoms with Crippen molar-refractivity contribution in [1.29, 1.82) is 0 Å². The fourth-order valence-corrected chi connectivity index (χ4v) is 1.26. The highest BCUT2D eigenvalue weighted by Crippen LogP contribution is 2.05. The van der Waals surface area contributed by atoms with E-state index in [0.717, 1.165) is 20.3 Å². The van der Waals surface area contributed by atoms with Crippen LogP contribution < -0.4 is 0 Å². The summed E-state index contributed by atoms with van der Waals surface area (Å²) in [5, 5.41) is 7.00. The molecule has 0 atom stereocenters. The maximum absolute atomic E-state index is 7.00. The lowest BCUT2D eigenvalue weighted by Gasteiger charge is -2.11. The monoisotopic (exact) mass is 179 g/mol. The molecule has 1 heterocycles. The van der Waals surface area contributed by atoms with Gasteiger partial charge in [-0.3, -0.25) is 0 Å². The molecule has 0 amide bonds. The lowest BCUT2D eigenvalue weighted by molar-refractivity contribution is 0.264. The van der Waals surface area contributed by atoms with Gasteiger partial charge >= 0.3 is 0 Å². The number of hydrogen-bond donors (Lipinski definition) is 2. The van der Waals surface area contributed by atoms with Crippen LogP contribution in [0.2, 0.25) is 0 Å². The Morgan fingerprint density at radius 1 is 1.36 bits per heavy atom. The van der Waals surface area contributed by atoms with Gasteiger partial charge in [0.25, 0.3) is 0 Å². The molecule has 0 unspecified atom stereocenters. The molecule has 1 fully saturated rings. The summed E-state index contributed by atoms with van der Waals surface area (Å²) in [6.07, 6.45) is 2.71. The Hall–Kier alpha value is 0.230. The van der Waals surface area contributed by atoms with Crippen molar-refractivity contribution < 1.29 is 9.29 Å². The molecule has 1 aliphatic heterocycles. The van der Waals surface area contributed by atoms with Crippen LogP contribution in [0, 0.1) is 0 Å². The zero-order chi connectivity index (χ0) is 8.53. The average Bonchev–Trinajstić information content (AvgIpc) is 2.57. The zero-order valence-electron chi connectivity index (χ0n) is 6.99. The minimum atomic E-state index is 0.753. The molecule has 0 saturated carbocycles. The molecule has 1 saturated heterocycles. The van der Waals surface area contributed by atoms with E-state index in [1.165, 1.54) is 25.9 Å². The quantitative estimate of drug-likeness (QED) is 0.490. The molecule has 1 N–H and O–H groups in total. The van der Waals surface area contributed by atoms with Crippen LogP contribution in [0.3, 0.4) is 0 Å². The van der Waals surface area contributed by atoms with E-state index < -0.39 is 0 Å². The molecule has 0 aromatic rings. The van der Waals surface area contributed by atoms with Gasteiger partial charge in [0.1, 0.15) is 0 Å². The average molecular weight is 179 g/mol. The molecule has 1 rings (SSSR count). The molecular formula is C7H17NO2S. The van der Waals surface area contributed by atoms with Crippen LogP contribution in [-0.2, 0) is 4.18 Å². The lowest BCUT2D eigenvalue weighted by Crippen LogP contribution is -2.22. The van der Waals surface area contributed by atoms with E-state index in [2.05, 4.69) is 22.0 Å². The van der Waals surface area contributed by atoms with E-state index in [-0.39, 0.29) is 0 Å². The maximum Gasteiger partial charge on any atom is 0.0737 e. The van der Waals surface area contributed by atoms with Crippen molar-refractivity contribution in [1.82, 2.24) is 4.90 Å². The molecule has 0 radical (unpaired) electrons. The third-order valence-electron chi connectivity index (χ3n) is 1.70.